The number of imidazole rings is 1. The van der Waals surface area contributed by atoms with Crippen LogP contribution in [0.5, 0.6) is 0 Å². The number of fused-ring (bicyclic) bond motifs is 1. The Kier molecular flexibility index (Phi) is 3.72. The molecule has 0 aliphatic heterocycles. The summed E-state index contributed by atoms with van der Waals surface area (Å²) in [6.07, 6.45) is 7.10. The van der Waals surface area contributed by atoms with E-state index in [1.54, 1.807) is 18.9 Å². The molecule has 0 aliphatic rings. The highest BCUT2D eigenvalue weighted by molar-refractivity contribution is 5.93. The first-order valence-electron chi connectivity index (χ1n) is 8.77. The molecule has 0 bridgehead atoms. The topological polar surface area (TPSA) is 43.6 Å². The quantitative estimate of drug-likeness (QED) is 0.453. The van der Waals surface area contributed by atoms with Gasteiger partial charge in [-0.3, -0.25) is 0 Å². The van der Waals surface area contributed by atoms with Crippen LogP contribution < -0.4 is 0 Å². The van der Waals surface area contributed by atoms with Crippen LogP contribution in [0.25, 0.3) is 39.0 Å². The van der Waals surface area contributed by atoms with E-state index >= 15 is 0 Å². The van der Waals surface area contributed by atoms with Crippen LogP contribution in [0.3, 0.4) is 0 Å². The summed E-state index contributed by atoms with van der Waals surface area (Å²) < 4.78 is 1.97. The molecule has 3 aromatic carbocycles. The Morgan fingerprint density at radius 1 is 0.704 bits per heavy atom. The number of nitrogens with zero attached hydrogens (tertiary/aromatic N) is 4. The summed E-state index contributed by atoms with van der Waals surface area (Å²) in [4.78, 5) is 13.1. The molecule has 0 saturated carbocycles. The van der Waals surface area contributed by atoms with E-state index in [0.717, 1.165) is 27.8 Å². The predicted octanol–water partition coefficient (Wildman–Crippen LogP) is 5.15. The molecular formula is C23H16N4. The maximum Gasteiger partial charge on any atom is 0.116 e. The fourth-order valence-electron chi connectivity index (χ4n) is 3.30. The van der Waals surface area contributed by atoms with Crippen molar-refractivity contribution in [1.82, 2.24) is 19.5 Å². The highest BCUT2D eigenvalue weighted by atomic mass is 15.0. The molecule has 0 unspecified atom stereocenters. The van der Waals surface area contributed by atoms with E-state index in [4.69, 9.17) is 0 Å². The highest BCUT2D eigenvalue weighted by Crippen LogP contribution is 2.29. The molecule has 0 fully saturated rings. The lowest BCUT2D eigenvalue weighted by Gasteiger charge is -2.09. The van der Waals surface area contributed by atoms with Crippen LogP contribution in [-0.2, 0) is 0 Å². The van der Waals surface area contributed by atoms with Crippen LogP contribution in [0.15, 0.2) is 97.8 Å². The van der Waals surface area contributed by atoms with E-state index in [0.29, 0.717) is 0 Å². The molecule has 2 heterocycles. The zero-order valence-corrected chi connectivity index (χ0v) is 14.5. The second kappa shape index (κ2) is 6.50. The summed E-state index contributed by atoms with van der Waals surface area (Å²) in [5.41, 5.74) is 6.37. The summed E-state index contributed by atoms with van der Waals surface area (Å²) >= 11 is 0. The van der Waals surface area contributed by atoms with E-state index in [2.05, 4.69) is 81.7 Å². The largest absolute Gasteiger partial charge is 0.306 e. The second-order valence-electron chi connectivity index (χ2n) is 6.34. The molecule has 27 heavy (non-hydrogen) atoms. The summed E-state index contributed by atoms with van der Waals surface area (Å²) in [5.74, 6) is 0. The third-order valence-corrected chi connectivity index (χ3v) is 4.69. The first-order chi connectivity index (χ1) is 13.4. The second-order valence-corrected chi connectivity index (χ2v) is 6.34. The first kappa shape index (κ1) is 15.5. The molecule has 0 saturated heterocycles. The van der Waals surface area contributed by atoms with Crippen molar-refractivity contribution in [3.05, 3.63) is 97.8 Å². The van der Waals surface area contributed by atoms with Gasteiger partial charge >= 0.3 is 0 Å². The van der Waals surface area contributed by atoms with Gasteiger partial charge in [-0.05, 0) is 29.3 Å². The van der Waals surface area contributed by atoms with Gasteiger partial charge in [0.15, 0.2) is 0 Å². The maximum absolute atomic E-state index is 4.54. The monoisotopic (exact) mass is 348 g/mol. The van der Waals surface area contributed by atoms with E-state index in [-0.39, 0.29) is 0 Å². The molecule has 0 aliphatic carbocycles. The summed E-state index contributed by atoms with van der Waals surface area (Å²) in [6.45, 7) is 0. The molecule has 0 atom stereocenters. The Bertz CT molecular complexity index is 1190. The van der Waals surface area contributed by atoms with Crippen molar-refractivity contribution in [3.8, 4) is 28.1 Å². The lowest BCUT2D eigenvalue weighted by atomic mass is 10.0. The smallest absolute Gasteiger partial charge is 0.116 e. The zero-order valence-electron chi connectivity index (χ0n) is 14.5. The average Bonchev–Trinajstić information content (AvgIpc) is 3.29. The van der Waals surface area contributed by atoms with E-state index in [9.17, 15) is 0 Å². The molecule has 0 radical (unpaired) electrons. The minimum absolute atomic E-state index is 0.915. The summed E-state index contributed by atoms with van der Waals surface area (Å²) in [5, 5.41) is 1.04. The third kappa shape index (κ3) is 2.87. The van der Waals surface area contributed by atoms with Crippen molar-refractivity contribution in [2.24, 2.45) is 0 Å². The highest BCUT2D eigenvalue weighted by Gasteiger charge is 2.08. The Balaban J connectivity index is 1.57. The molecule has 0 spiro atoms. The Hall–Kier alpha value is -3.79. The number of rotatable bonds is 3. The normalized spacial score (nSPS) is 11.0. The molecular weight excluding hydrogens is 332 g/mol. The average molecular weight is 348 g/mol. The Morgan fingerprint density at radius 3 is 2.26 bits per heavy atom. The van der Waals surface area contributed by atoms with Crippen LogP contribution in [0.1, 0.15) is 0 Å². The van der Waals surface area contributed by atoms with Crippen LogP contribution >= 0.6 is 0 Å². The number of benzene rings is 3. The lowest BCUT2D eigenvalue weighted by molar-refractivity contribution is 1.06. The fraction of sp³-hybridized carbons (Fsp3) is 0. The Morgan fingerprint density at radius 2 is 1.48 bits per heavy atom. The predicted molar refractivity (Wildman–Crippen MR) is 108 cm³/mol. The maximum atomic E-state index is 4.54. The standard InChI is InChI=1S/C23H16N4/c1-2-4-17(5-3-1)18-6-8-19(9-7-18)23-21-11-10-20(27-13-12-24-16-27)14-22(21)25-15-26-23/h1-16H. The Labute approximate surface area is 156 Å². The van der Waals surface area contributed by atoms with Crippen molar-refractivity contribution in [2.45, 2.75) is 0 Å². The minimum Gasteiger partial charge on any atom is -0.306 e. The van der Waals surface area contributed by atoms with E-state index in [1.165, 1.54) is 11.1 Å². The lowest BCUT2D eigenvalue weighted by Crippen LogP contribution is -1.93. The molecule has 5 aromatic rings. The van der Waals surface area contributed by atoms with Gasteiger partial charge in [-0.2, -0.15) is 0 Å². The van der Waals surface area contributed by atoms with Gasteiger partial charge in [-0.1, -0.05) is 54.6 Å². The summed E-state index contributed by atoms with van der Waals surface area (Å²) in [6, 6.07) is 25.1. The van der Waals surface area contributed by atoms with Crippen molar-refractivity contribution >= 4 is 10.9 Å². The van der Waals surface area contributed by atoms with E-state index in [1.807, 2.05) is 16.8 Å². The van der Waals surface area contributed by atoms with Gasteiger partial charge in [0.05, 0.1) is 17.5 Å². The van der Waals surface area contributed by atoms with Crippen molar-refractivity contribution in [1.29, 1.82) is 0 Å². The number of hydrogen-bond donors (Lipinski definition) is 0. The number of aromatic nitrogens is 4. The SMILES string of the molecule is c1ccc(-c2ccc(-c3ncnc4cc(-n5ccnc5)ccc34)cc2)cc1. The van der Waals surface area contributed by atoms with Crippen molar-refractivity contribution in [3.63, 3.8) is 0 Å². The van der Waals surface area contributed by atoms with Gasteiger partial charge in [0.2, 0.25) is 0 Å². The molecule has 0 N–H and O–H groups in total. The first-order valence-corrected chi connectivity index (χ1v) is 8.77. The number of hydrogen-bond acceptors (Lipinski definition) is 3. The van der Waals surface area contributed by atoms with Crippen LogP contribution in [0.4, 0.5) is 0 Å². The van der Waals surface area contributed by atoms with Gasteiger partial charge in [-0.25, -0.2) is 15.0 Å². The van der Waals surface area contributed by atoms with Gasteiger partial charge < -0.3 is 4.57 Å². The molecule has 2 aromatic heterocycles. The molecule has 4 heteroatoms. The summed E-state index contributed by atoms with van der Waals surface area (Å²) in [7, 11) is 0. The van der Waals surface area contributed by atoms with E-state index < -0.39 is 0 Å². The van der Waals surface area contributed by atoms with Gasteiger partial charge in [0, 0.05) is 29.0 Å². The molecule has 5 rings (SSSR count). The van der Waals surface area contributed by atoms with Crippen molar-refractivity contribution < 1.29 is 0 Å². The van der Waals surface area contributed by atoms with Gasteiger partial charge in [-0.15, -0.1) is 0 Å². The van der Waals surface area contributed by atoms with Crippen LogP contribution in [0.2, 0.25) is 0 Å². The zero-order chi connectivity index (χ0) is 18.1. The van der Waals surface area contributed by atoms with Crippen LogP contribution in [-0.4, -0.2) is 19.5 Å². The molecule has 128 valence electrons. The fourth-order valence-corrected chi connectivity index (χ4v) is 3.30. The van der Waals surface area contributed by atoms with Crippen LogP contribution in [0, 0.1) is 0 Å². The molecule has 0 amide bonds. The minimum atomic E-state index is 0.915. The third-order valence-electron chi connectivity index (χ3n) is 4.69. The van der Waals surface area contributed by atoms with Gasteiger partial charge in [0.1, 0.15) is 6.33 Å². The molecule has 4 nitrogen and oxygen atoms in total. The van der Waals surface area contributed by atoms with Gasteiger partial charge in [0.25, 0.3) is 0 Å². The van der Waals surface area contributed by atoms with Crippen molar-refractivity contribution in [2.75, 3.05) is 0 Å².